The molecular weight excluding hydrogens is 462 g/mol. The number of carbonyl (C=O) groups excluding carboxylic acids is 1. The molecule has 4 rings (SSSR count). The summed E-state index contributed by atoms with van der Waals surface area (Å²) in [6.07, 6.45) is 3.17. The van der Waals surface area contributed by atoms with E-state index in [9.17, 15) is 13.2 Å². The summed E-state index contributed by atoms with van der Waals surface area (Å²) < 4.78 is 34.0. The van der Waals surface area contributed by atoms with Crippen LogP contribution in [-0.4, -0.2) is 70.2 Å². The van der Waals surface area contributed by atoms with Gasteiger partial charge in [0.2, 0.25) is 15.9 Å². The van der Waals surface area contributed by atoms with Crippen LogP contribution >= 0.6 is 11.8 Å². The van der Waals surface area contributed by atoms with Gasteiger partial charge in [-0.15, -0.1) is 10.2 Å². The Morgan fingerprint density at radius 3 is 2.52 bits per heavy atom. The second kappa shape index (κ2) is 10.4. The van der Waals surface area contributed by atoms with Crippen LogP contribution in [0.15, 0.2) is 63.7 Å². The number of hydrogen-bond donors (Lipinski definition) is 0. The standard InChI is InChI=1S/C22H25N5O4S2/c1-2-27-21(19-9-6-15-31-19)23-24-22(27)32-17-20(28)25-11-13-26(14-12-25)33(29,30)16-10-18-7-4-3-5-8-18/h3-10,15-16H,2,11-14,17H2,1H3/b16-10+. The average Bonchev–Trinajstić information content (AvgIpc) is 3.51. The van der Waals surface area contributed by atoms with Crippen molar-refractivity contribution in [3.8, 4) is 11.6 Å². The van der Waals surface area contributed by atoms with Gasteiger partial charge in [-0.2, -0.15) is 4.31 Å². The summed E-state index contributed by atoms with van der Waals surface area (Å²) in [6, 6.07) is 12.9. The number of amides is 1. The first-order valence-electron chi connectivity index (χ1n) is 10.6. The Morgan fingerprint density at radius 2 is 1.85 bits per heavy atom. The first-order chi connectivity index (χ1) is 16.0. The van der Waals surface area contributed by atoms with E-state index < -0.39 is 10.0 Å². The van der Waals surface area contributed by atoms with Gasteiger partial charge in [-0.3, -0.25) is 9.36 Å². The van der Waals surface area contributed by atoms with Crippen molar-refractivity contribution in [3.05, 3.63) is 59.7 Å². The summed E-state index contributed by atoms with van der Waals surface area (Å²) in [5, 5.41) is 10.3. The van der Waals surface area contributed by atoms with Crippen LogP contribution in [0, 0.1) is 0 Å². The molecule has 1 amide bonds. The number of benzene rings is 1. The Labute approximate surface area is 197 Å². The number of hydrogen-bond acceptors (Lipinski definition) is 7. The molecule has 3 heterocycles. The molecule has 0 aliphatic carbocycles. The fourth-order valence-electron chi connectivity index (χ4n) is 3.49. The Balaban J connectivity index is 1.31. The highest BCUT2D eigenvalue weighted by Gasteiger charge is 2.27. The molecule has 1 fully saturated rings. The normalized spacial score (nSPS) is 15.4. The van der Waals surface area contributed by atoms with Crippen LogP contribution < -0.4 is 0 Å². The molecular formula is C22H25N5O4S2. The summed E-state index contributed by atoms with van der Waals surface area (Å²) in [6.45, 7) is 3.88. The lowest BCUT2D eigenvalue weighted by Gasteiger charge is -2.33. The zero-order chi connectivity index (χ0) is 23.3. The molecule has 0 saturated carbocycles. The third kappa shape index (κ3) is 5.55. The topological polar surface area (TPSA) is 102 Å². The molecule has 1 aromatic carbocycles. The van der Waals surface area contributed by atoms with Gasteiger partial charge in [0.05, 0.1) is 12.0 Å². The monoisotopic (exact) mass is 487 g/mol. The molecule has 174 valence electrons. The van der Waals surface area contributed by atoms with Crippen molar-refractivity contribution in [1.82, 2.24) is 24.0 Å². The van der Waals surface area contributed by atoms with Crippen LogP contribution in [-0.2, 0) is 21.4 Å². The number of furan rings is 1. The van der Waals surface area contributed by atoms with Crippen LogP contribution in [0.25, 0.3) is 17.7 Å². The number of thioether (sulfide) groups is 1. The summed E-state index contributed by atoms with van der Waals surface area (Å²) in [5.74, 6) is 1.40. The van der Waals surface area contributed by atoms with E-state index in [0.29, 0.717) is 36.4 Å². The average molecular weight is 488 g/mol. The van der Waals surface area contributed by atoms with Crippen LogP contribution in [0.1, 0.15) is 12.5 Å². The van der Waals surface area contributed by atoms with Gasteiger partial charge in [-0.05, 0) is 30.7 Å². The first kappa shape index (κ1) is 23.3. The third-order valence-corrected chi connectivity index (χ3v) is 7.80. The Hall–Kier alpha value is -2.89. The molecule has 3 aromatic rings. The van der Waals surface area contributed by atoms with Crippen molar-refractivity contribution in [1.29, 1.82) is 0 Å². The van der Waals surface area contributed by atoms with Gasteiger partial charge >= 0.3 is 0 Å². The number of aromatic nitrogens is 3. The number of carbonyl (C=O) groups is 1. The van der Waals surface area contributed by atoms with E-state index in [1.807, 2.05) is 47.9 Å². The van der Waals surface area contributed by atoms with Gasteiger partial charge in [0.15, 0.2) is 16.7 Å². The van der Waals surface area contributed by atoms with Crippen molar-refractivity contribution in [2.45, 2.75) is 18.6 Å². The van der Waals surface area contributed by atoms with Crippen molar-refractivity contribution < 1.29 is 17.6 Å². The van der Waals surface area contributed by atoms with Gasteiger partial charge in [0, 0.05) is 38.1 Å². The zero-order valence-electron chi connectivity index (χ0n) is 18.2. The molecule has 1 aliphatic heterocycles. The van der Waals surface area contributed by atoms with E-state index in [0.717, 1.165) is 5.56 Å². The highest BCUT2D eigenvalue weighted by molar-refractivity contribution is 7.99. The molecule has 0 unspecified atom stereocenters. The van der Waals surface area contributed by atoms with E-state index >= 15 is 0 Å². The molecule has 1 aliphatic rings. The van der Waals surface area contributed by atoms with Crippen molar-refractivity contribution in [2.24, 2.45) is 0 Å². The number of rotatable bonds is 8. The fraction of sp³-hybridized carbons (Fsp3) is 0.318. The SMILES string of the molecule is CCn1c(SCC(=O)N2CCN(S(=O)(=O)/C=C/c3ccccc3)CC2)nnc1-c1ccco1. The van der Waals surface area contributed by atoms with Gasteiger partial charge in [0.1, 0.15) is 0 Å². The summed E-state index contributed by atoms with van der Waals surface area (Å²) >= 11 is 1.32. The van der Waals surface area contributed by atoms with Crippen molar-refractivity contribution >= 4 is 33.8 Å². The van der Waals surface area contributed by atoms with E-state index in [-0.39, 0.29) is 24.7 Å². The molecule has 0 radical (unpaired) electrons. The molecule has 1 saturated heterocycles. The summed E-state index contributed by atoms with van der Waals surface area (Å²) in [4.78, 5) is 14.4. The third-order valence-electron chi connectivity index (χ3n) is 5.28. The first-order valence-corrected chi connectivity index (χ1v) is 13.1. The Bertz CT molecular complexity index is 1200. The maximum atomic E-state index is 12.7. The Morgan fingerprint density at radius 1 is 1.09 bits per heavy atom. The highest BCUT2D eigenvalue weighted by atomic mass is 32.2. The van der Waals surface area contributed by atoms with Gasteiger partial charge in [0.25, 0.3) is 0 Å². The van der Waals surface area contributed by atoms with Crippen LogP contribution in [0.2, 0.25) is 0 Å². The minimum atomic E-state index is -3.53. The van der Waals surface area contributed by atoms with E-state index in [4.69, 9.17) is 4.42 Å². The molecule has 0 N–H and O–H groups in total. The summed E-state index contributed by atoms with van der Waals surface area (Å²) in [5.41, 5.74) is 0.821. The minimum Gasteiger partial charge on any atom is -0.461 e. The number of sulfonamides is 1. The predicted molar refractivity (Wildman–Crippen MR) is 127 cm³/mol. The quantitative estimate of drug-likeness (QED) is 0.450. The number of piperazine rings is 1. The lowest BCUT2D eigenvalue weighted by atomic mass is 10.2. The van der Waals surface area contributed by atoms with E-state index in [1.54, 1.807) is 23.3 Å². The van der Waals surface area contributed by atoms with E-state index in [2.05, 4.69) is 10.2 Å². The molecule has 11 heteroatoms. The minimum absolute atomic E-state index is 0.0536. The molecule has 0 bridgehead atoms. The zero-order valence-corrected chi connectivity index (χ0v) is 19.8. The van der Waals surface area contributed by atoms with Crippen LogP contribution in [0.3, 0.4) is 0 Å². The fourth-order valence-corrected chi connectivity index (χ4v) is 5.57. The molecule has 33 heavy (non-hydrogen) atoms. The second-order valence-electron chi connectivity index (χ2n) is 7.35. The number of nitrogens with zero attached hydrogens (tertiary/aromatic N) is 5. The molecule has 9 nitrogen and oxygen atoms in total. The lowest BCUT2D eigenvalue weighted by molar-refractivity contribution is -0.129. The molecule has 2 aromatic heterocycles. The Kier molecular flexibility index (Phi) is 7.31. The highest BCUT2D eigenvalue weighted by Crippen LogP contribution is 2.24. The van der Waals surface area contributed by atoms with Crippen LogP contribution in [0.5, 0.6) is 0 Å². The second-order valence-corrected chi connectivity index (χ2v) is 10.1. The summed E-state index contributed by atoms with van der Waals surface area (Å²) in [7, 11) is -3.53. The maximum absolute atomic E-state index is 12.7. The van der Waals surface area contributed by atoms with E-state index in [1.165, 1.54) is 21.5 Å². The smallest absolute Gasteiger partial charge is 0.236 e. The largest absolute Gasteiger partial charge is 0.461 e. The molecule has 0 spiro atoms. The van der Waals surface area contributed by atoms with Crippen LogP contribution in [0.4, 0.5) is 0 Å². The van der Waals surface area contributed by atoms with Crippen molar-refractivity contribution in [2.75, 3.05) is 31.9 Å². The van der Waals surface area contributed by atoms with Crippen molar-refractivity contribution in [3.63, 3.8) is 0 Å². The van der Waals surface area contributed by atoms with Gasteiger partial charge in [-0.25, -0.2) is 8.42 Å². The van der Waals surface area contributed by atoms with Gasteiger partial charge in [-0.1, -0.05) is 42.1 Å². The molecule has 0 atom stereocenters. The maximum Gasteiger partial charge on any atom is 0.236 e. The lowest BCUT2D eigenvalue weighted by Crippen LogP contribution is -2.50. The predicted octanol–water partition coefficient (Wildman–Crippen LogP) is 2.80. The van der Waals surface area contributed by atoms with Gasteiger partial charge < -0.3 is 9.32 Å².